The lowest BCUT2D eigenvalue weighted by molar-refractivity contribution is -0.0109. The van der Waals surface area contributed by atoms with Gasteiger partial charge in [0.25, 0.3) is 11.8 Å². The Morgan fingerprint density at radius 1 is 1.25 bits per heavy atom. The largest absolute Gasteiger partial charge is 0.388 e. The van der Waals surface area contributed by atoms with E-state index in [2.05, 4.69) is 15.5 Å². The second-order valence-corrected chi connectivity index (χ2v) is 7.57. The molecule has 0 saturated carbocycles. The Balaban J connectivity index is 1.62. The smallest absolute Gasteiger partial charge is 0.271 e. The van der Waals surface area contributed by atoms with Crippen molar-refractivity contribution in [3.63, 3.8) is 0 Å². The number of thiophene rings is 1. The van der Waals surface area contributed by atoms with Crippen molar-refractivity contribution < 1.29 is 14.7 Å². The van der Waals surface area contributed by atoms with Crippen molar-refractivity contribution in [3.05, 3.63) is 76.2 Å². The van der Waals surface area contributed by atoms with Crippen LogP contribution in [0.3, 0.4) is 0 Å². The molecule has 1 fully saturated rings. The van der Waals surface area contributed by atoms with E-state index in [4.69, 9.17) is 0 Å². The molecule has 0 spiro atoms. The molecule has 1 aliphatic heterocycles. The van der Waals surface area contributed by atoms with E-state index in [0.717, 1.165) is 5.56 Å². The number of piperidine rings is 1. The normalized spacial score (nSPS) is 22.0. The Labute approximate surface area is 166 Å². The molecule has 0 radical (unpaired) electrons. The number of likely N-dealkylation sites (tertiary alicyclic amines) is 1. The summed E-state index contributed by atoms with van der Waals surface area (Å²) in [4.78, 5) is 27.0. The molecule has 8 heteroatoms. The molecule has 0 bridgehead atoms. The first kappa shape index (κ1) is 18.4. The molecule has 144 valence electrons. The Bertz CT molecular complexity index is 943. The number of aromatic nitrogens is 2. The van der Waals surface area contributed by atoms with Crippen LogP contribution in [0.4, 0.5) is 0 Å². The fourth-order valence-electron chi connectivity index (χ4n) is 3.62. The van der Waals surface area contributed by atoms with Gasteiger partial charge in [-0.1, -0.05) is 30.3 Å². The van der Waals surface area contributed by atoms with Crippen molar-refractivity contribution in [1.82, 2.24) is 20.4 Å². The van der Waals surface area contributed by atoms with E-state index < -0.39 is 11.6 Å². The number of aliphatic hydroxyl groups is 1. The maximum atomic E-state index is 12.8. The Morgan fingerprint density at radius 3 is 2.71 bits per heavy atom. The van der Waals surface area contributed by atoms with Crippen molar-refractivity contribution in [2.24, 2.45) is 0 Å². The molecule has 1 aromatic carbocycles. The zero-order chi connectivity index (χ0) is 19.6. The number of hydrogen-bond acceptors (Lipinski definition) is 5. The van der Waals surface area contributed by atoms with Gasteiger partial charge in [0, 0.05) is 24.7 Å². The zero-order valence-corrected chi connectivity index (χ0v) is 15.9. The van der Waals surface area contributed by atoms with Crippen LogP contribution in [0.2, 0.25) is 0 Å². The van der Waals surface area contributed by atoms with Gasteiger partial charge < -0.3 is 15.3 Å². The lowest BCUT2D eigenvalue weighted by Crippen LogP contribution is -2.62. The highest BCUT2D eigenvalue weighted by molar-refractivity contribution is 7.08. The second-order valence-electron chi connectivity index (χ2n) is 6.79. The molecule has 2 amide bonds. The number of benzene rings is 1. The average Bonchev–Trinajstić information content (AvgIpc) is 3.44. The van der Waals surface area contributed by atoms with Crippen LogP contribution in [0.25, 0.3) is 0 Å². The van der Waals surface area contributed by atoms with Crippen LogP contribution in [0.1, 0.15) is 32.8 Å². The molecule has 2 aromatic heterocycles. The summed E-state index contributed by atoms with van der Waals surface area (Å²) in [5.74, 6) is -0.458. The molecule has 0 aliphatic carbocycles. The summed E-state index contributed by atoms with van der Waals surface area (Å²) in [5.41, 5.74) is 0.787. The number of carbonyl (C=O) groups is 2. The average molecular weight is 396 g/mol. The first-order chi connectivity index (χ1) is 13.6. The number of aromatic amines is 1. The standard InChI is InChI=1S/C20H20N4O3S/c25-17-12-24(19(27)16-6-9-21-23-16)10-8-20(17,15-4-2-1-3-5-15)22-18(26)14-7-11-28-13-14/h1-7,9,11,13,17,25H,8,10,12H2,(H,21,23)(H,22,26)/t17-,20+/m1/s1. The van der Waals surface area contributed by atoms with Crippen LogP contribution < -0.4 is 5.32 Å². The van der Waals surface area contributed by atoms with Gasteiger partial charge in [0.1, 0.15) is 5.69 Å². The van der Waals surface area contributed by atoms with Gasteiger partial charge in [-0.15, -0.1) is 0 Å². The van der Waals surface area contributed by atoms with Crippen LogP contribution in [0.5, 0.6) is 0 Å². The highest BCUT2D eigenvalue weighted by Crippen LogP contribution is 2.34. The van der Waals surface area contributed by atoms with Crippen LogP contribution >= 0.6 is 11.3 Å². The van der Waals surface area contributed by atoms with E-state index in [-0.39, 0.29) is 18.4 Å². The molecular formula is C20H20N4O3S. The topological polar surface area (TPSA) is 98.3 Å². The van der Waals surface area contributed by atoms with Crippen LogP contribution in [-0.4, -0.2) is 51.2 Å². The molecule has 28 heavy (non-hydrogen) atoms. The lowest BCUT2D eigenvalue weighted by atomic mass is 9.78. The lowest BCUT2D eigenvalue weighted by Gasteiger charge is -2.46. The van der Waals surface area contributed by atoms with Crippen LogP contribution in [-0.2, 0) is 5.54 Å². The van der Waals surface area contributed by atoms with Gasteiger partial charge in [0.2, 0.25) is 0 Å². The SMILES string of the molecule is O=C(N[C@]1(c2ccccc2)CCN(C(=O)c2ccn[nH]2)C[C@H]1O)c1ccsc1. The molecular weight excluding hydrogens is 376 g/mol. The predicted molar refractivity (Wildman–Crippen MR) is 105 cm³/mol. The van der Waals surface area contributed by atoms with E-state index in [1.54, 1.807) is 22.4 Å². The van der Waals surface area contributed by atoms with E-state index in [1.807, 2.05) is 35.7 Å². The van der Waals surface area contributed by atoms with Crippen molar-refractivity contribution in [3.8, 4) is 0 Å². The van der Waals surface area contributed by atoms with Gasteiger partial charge in [-0.2, -0.15) is 16.4 Å². The first-order valence-electron chi connectivity index (χ1n) is 8.97. The van der Waals surface area contributed by atoms with Crippen LogP contribution in [0, 0.1) is 0 Å². The second kappa shape index (κ2) is 7.57. The van der Waals surface area contributed by atoms with E-state index in [9.17, 15) is 14.7 Å². The number of rotatable bonds is 4. The third-order valence-electron chi connectivity index (χ3n) is 5.17. The van der Waals surface area contributed by atoms with Gasteiger partial charge in [-0.25, -0.2) is 0 Å². The third-order valence-corrected chi connectivity index (χ3v) is 5.85. The van der Waals surface area contributed by atoms with Crippen molar-refractivity contribution in [2.45, 2.75) is 18.1 Å². The fourth-order valence-corrected chi connectivity index (χ4v) is 4.26. The maximum absolute atomic E-state index is 12.8. The monoisotopic (exact) mass is 396 g/mol. The number of H-pyrrole nitrogens is 1. The number of hydrogen-bond donors (Lipinski definition) is 3. The molecule has 2 atom stereocenters. The number of aliphatic hydroxyl groups excluding tert-OH is 1. The van der Waals surface area contributed by atoms with E-state index >= 15 is 0 Å². The third kappa shape index (κ3) is 3.32. The number of nitrogens with one attached hydrogen (secondary N) is 2. The van der Waals surface area contributed by atoms with Gasteiger partial charge >= 0.3 is 0 Å². The van der Waals surface area contributed by atoms with E-state index in [0.29, 0.717) is 24.2 Å². The summed E-state index contributed by atoms with van der Waals surface area (Å²) in [7, 11) is 0. The minimum Gasteiger partial charge on any atom is -0.388 e. The Kier molecular flexibility index (Phi) is 4.97. The van der Waals surface area contributed by atoms with Crippen molar-refractivity contribution >= 4 is 23.2 Å². The highest BCUT2D eigenvalue weighted by Gasteiger charge is 2.46. The van der Waals surface area contributed by atoms with Gasteiger partial charge in [0.05, 0.1) is 17.2 Å². The first-order valence-corrected chi connectivity index (χ1v) is 9.91. The number of nitrogens with zero attached hydrogens (tertiary/aromatic N) is 2. The molecule has 0 unspecified atom stereocenters. The van der Waals surface area contributed by atoms with Gasteiger partial charge in [0.15, 0.2) is 0 Å². The van der Waals surface area contributed by atoms with E-state index in [1.165, 1.54) is 17.5 Å². The molecule has 4 rings (SSSR count). The summed E-state index contributed by atoms with van der Waals surface area (Å²) in [5, 5.41) is 24.2. The number of carbonyl (C=O) groups excluding carboxylic acids is 2. The summed E-state index contributed by atoms with van der Waals surface area (Å²) in [6.07, 6.45) is 0.953. The molecule has 3 N–H and O–H groups in total. The highest BCUT2D eigenvalue weighted by atomic mass is 32.1. The minimum absolute atomic E-state index is 0.108. The predicted octanol–water partition coefficient (Wildman–Crippen LogP) is 2.00. The summed E-state index contributed by atoms with van der Waals surface area (Å²) < 4.78 is 0. The maximum Gasteiger partial charge on any atom is 0.271 e. The Morgan fingerprint density at radius 2 is 2.07 bits per heavy atom. The number of β-amino-alcohol motifs (C(OH)–C–C–N with tert-alkyl or cyclic N) is 1. The van der Waals surface area contributed by atoms with Crippen molar-refractivity contribution in [1.29, 1.82) is 0 Å². The molecule has 3 aromatic rings. The molecule has 1 aliphatic rings. The van der Waals surface area contributed by atoms with Gasteiger partial charge in [-0.05, 0) is 29.5 Å². The Hall–Kier alpha value is -2.97. The molecule has 3 heterocycles. The molecule has 7 nitrogen and oxygen atoms in total. The minimum atomic E-state index is -0.967. The summed E-state index contributed by atoms with van der Waals surface area (Å²) in [6.45, 7) is 0.504. The quantitative estimate of drug-likeness (QED) is 0.628. The summed E-state index contributed by atoms with van der Waals surface area (Å²) >= 11 is 1.44. The van der Waals surface area contributed by atoms with Gasteiger partial charge in [-0.3, -0.25) is 14.7 Å². The molecule has 1 saturated heterocycles. The van der Waals surface area contributed by atoms with Crippen LogP contribution in [0.15, 0.2) is 59.4 Å². The van der Waals surface area contributed by atoms with Crippen molar-refractivity contribution in [2.75, 3.05) is 13.1 Å². The number of amides is 2. The zero-order valence-electron chi connectivity index (χ0n) is 15.0. The fraction of sp³-hybridized carbons (Fsp3) is 0.250. The summed E-state index contributed by atoms with van der Waals surface area (Å²) in [6, 6.07) is 12.8.